The van der Waals surface area contributed by atoms with Gasteiger partial charge in [0.2, 0.25) is 5.91 Å². The smallest absolute Gasteiger partial charge is 0.410 e. The van der Waals surface area contributed by atoms with Crippen molar-refractivity contribution in [2.75, 3.05) is 87.2 Å². The number of H-pyrrole nitrogens is 1. The molecule has 4 aliphatic heterocycles. The lowest BCUT2D eigenvalue weighted by molar-refractivity contribution is -0.131. The second kappa shape index (κ2) is 29.7. The van der Waals surface area contributed by atoms with Gasteiger partial charge >= 0.3 is 12.2 Å². The summed E-state index contributed by atoms with van der Waals surface area (Å²) in [7, 11) is 0. The number of hydrogen-bond donors (Lipinski definition) is 7. The monoisotopic (exact) mass is 1290 g/mol. The standard InChI is InChI=1S/C18H19Cl2N7O.C15H22N6O2.C11H21NO2.C10H14N6.C5H5N5/c19-11-4-12(20)6-13(5-11)22-8-16(28)26-3-1-2-14(9-26)27-18-15(7-25-27)17(21)23-10-24-18;1-15(2,3)23-14(22)20-6-4-5-10(8-20)21-13-11(7-19-21)12(16)17-9-18-13;1-9-6-5-7-12(8-9)10(13)14-11(2,3)4;11-9-8-5-15-16(10(8)14-6-13-9)7-2-1-3-12-4-7;6-4-3-1-9-10-5(3)8-2-7-4/h4-7,10,14,22H,1-3,8-9H2,(H2,21,23,24);7,9-10H,4-6,8H2,1-3H3,(H2,16,17,18);9H,5-8H2,1-4H3;5-7,12H,1-4H2,(H2,11,13,14);1-2H,(H3,6,7,8,9,10). The maximum absolute atomic E-state index is 12.7. The van der Waals surface area contributed by atoms with Crippen molar-refractivity contribution in [3.8, 4) is 0 Å². The van der Waals surface area contributed by atoms with Gasteiger partial charge in [0.25, 0.3) is 0 Å². The van der Waals surface area contributed by atoms with E-state index in [1.54, 1.807) is 47.9 Å². The fourth-order valence-electron chi connectivity index (χ4n) is 10.9. The molecule has 13 rings (SSSR count). The quantitative estimate of drug-likeness (QED) is 0.0831. The van der Waals surface area contributed by atoms with Crippen LogP contribution in [0.1, 0.15) is 118 Å². The number of aromatic amines is 1. The van der Waals surface area contributed by atoms with Crippen molar-refractivity contribution < 1.29 is 23.9 Å². The van der Waals surface area contributed by atoms with E-state index in [1.165, 1.54) is 38.2 Å². The average Bonchev–Trinajstić information content (AvgIpc) is 1.81. The first-order valence-corrected chi connectivity index (χ1v) is 31.1. The predicted octanol–water partition coefficient (Wildman–Crippen LogP) is 7.89. The summed E-state index contributed by atoms with van der Waals surface area (Å²) >= 11 is 12.0. The lowest BCUT2D eigenvalue weighted by Gasteiger charge is -2.34. The van der Waals surface area contributed by atoms with Gasteiger partial charge in [0.1, 0.15) is 59.8 Å². The van der Waals surface area contributed by atoms with Gasteiger partial charge in [0.05, 0.1) is 71.0 Å². The molecule has 0 radical (unpaired) electrons. The average molecular weight is 1290 g/mol. The molecule has 8 aromatic heterocycles. The molecule has 0 spiro atoms. The van der Waals surface area contributed by atoms with E-state index in [9.17, 15) is 14.4 Å². The van der Waals surface area contributed by atoms with E-state index in [2.05, 4.69) is 82.9 Å². The fourth-order valence-corrected chi connectivity index (χ4v) is 11.4. The number of carbonyl (C=O) groups is 3. The van der Waals surface area contributed by atoms with Gasteiger partial charge in [-0.15, -0.1) is 0 Å². The van der Waals surface area contributed by atoms with Gasteiger partial charge in [0.15, 0.2) is 22.6 Å². The van der Waals surface area contributed by atoms with Crippen molar-refractivity contribution >= 4 is 114 Å². The van der Waals surface area contributed by atoms with Crippen molar-refractivity contribution in [3.05, 3.63) is 78.3 Å². The van der Waals surface area contributed by atoms with Gasteiger partial charge in [0, 0.05) is 61.5 Å². The number of likely N-dealkylation sites (tertiary alicyclic amines) is 3. The molecular weight excluding hydrogens is 1210 g/mol. The number of ether oxygens (including phenoxy) is 2. The molecular formula is C59H81Cl2N25O5. The van der Waals surface area contributed by atoms with Crippen LogP contribution in [-0.2, 0) is 14.3 Å². The van der Waals surface area contributed by atoms with Crippen LogP contribution in [0.15, 0.2) is 68.3 Å². The Labute approximate surface area is 535 Å². The molecule has 30 nitrogen and oxygen atoms in total. The maximum Gasteiger partial charge on any atom is 0.410 e. The molecule has 3 amide bonds. The van der Waals surface area contributed by atoms with Crippen molar-refractivity contribution in [1.29, 1.82) is 0 Å². The van der Waals surface area contributed by atoms with Crippen LogP contribution in [0.25, 0.3) is 44.1 Å². The topological polar surface area (TPSA) is 393 Å². The summed E-state index contributed by atoms with van der Waals surface area (Å²) < 4.78 is 16.4. The number of benzene rings is 1. The molecule has 1 aromatic carbocycles. The van der Waals surface area contributed by atoms with Gasteiger partial charge in [-0.25, -0.2) is 63.5 Å². The zero-order valence-electron chi connectivity index (χ0n) is 52.3. The van der Waals surface area contributed by atoms with E-state index in [-0.39, 0.29) is 42.3 Å². The number of fused-ring (bicyclic) bond motifs is 4. The van der Waals surface area contributed by atoms with Crippen LogP contribution in [0, 0.1) is 5.92 Å². The van der Waals surface area contributed by atoms with E-state index >= 15 is 0 Å². The Morgan fingerprint density at radius 3 is 1.47 bits per heavy atom. The van der Waals surface area contributed by atoms with Crippen LogP contribution < -0.4 is 33.6 Å². The highest BCUT2D eigenvalue weighted by atomic mass is 35.5. The lowest BCUT2D eigenvalue weighted by Crippen LogP contribution is -2.43. The Kier molecular flexibility index (Phi) is 21.7. The van der Waals surface area contributed by atoms with Gasteiger partial charge in [-0.3, -0.25) is 9.89 Å². The molecule has 0 aliphatic carbocycles. The van der Waals surface area contributed by atoms with E-state index in [1.807, 2.05) is 65.4 Å². The van der Waals surface area contributed by atoms with Crippen LogP contribution in [0.2, 0.25) is 10.0 Å². The SMILES string of the molecule is CC(C)(C)OC(=O)N1CCCC(n2ncc3c(N)ncnc32)C1.CC1CCCN(C(=O)OC(C)(C)C)C1.Nc1ncnc2[nH]ncc12.Nc1ncnc2c1cnn2C1CCCN(C(=O)CNc2cc(Cl)cc(Cl)c2)C1.Nc1ncnc2c1cnn2C1CCCNC1. The highest BCUT2D eigenvalue weighted by Crippen LogP contribution is 2.30. The molecule has 4 fully saturated rings. The molecule has 11 N–H and O–H groups in total. The molecule has 0 bridgehead atoms. The van der Waals surface area contributed by atoms with Crippen molar-refractivity contribution in [2.24, 2.45) is 5.92 Å². The number of aromatic nitrogens is 16. The lowest BCUT2D eigenvalue weighted by atomic mass is 10.0. The van der Waals surface area contributed by atoms with Gasteiger partial charge < -0.3 is 57.7 Å². The third-order valence-corrected chi connectivity index (χ3v) is 15.7. The zero-order chi connectivity index (χ0) is 65.0. The number of nitrogens with two attached hydrogens (primary N) is 4. The molecule has 4 saturated heterocycles. The normalized spacial score (nSPS) is 18.6. The van der Waals surface area contributed by atoms with Gasteiger partial charge in [-0.05, 0) is 124 Å². The molecule has 486 valence electrons. The van der Waals surface area contributed by atoms with Crippen LogP contribution in [0.3, 0.4) is 0 Å². The van der Waals surface area contributed by atoms with Crippen LogP contribution >= 0.6 is 23.2 Å². The molecule has 4 atom stereocenters. The minimum atomic E-state index is -0.496. The first kappa shape index (κ1) is 66.4. The Morgan fingerprint density at radius 1 is 0.560 bits per heavy atom. The number of rotatable bonds is 6. The first-order chi connectivity index (χ1) is 43.5. The van der Waals surface area contributed by atoms with Crippen molar-refractivity contribution in [1.82, 2.24) is 99.4 Å². The number of nitrogens with one attached hydrogen (secondary N) is 3. The van der Waals surface area contributed by atoms with Gasteiger partial charge in [-0.2, -0.15) is 20.4 Å². The second-order valence-corrected chi connectivity index (χ2v) is 25.6. The predicted molar refractivity (Wildman–Crippen MR) is 349 cm³/mol. The second-order valence-electron chi connectivity index (χ2n) is 24.7. The van der Waals surface area contributed by atoms with Crippen LogP contribution in [0.4, 0.5) is 38.5 Å². The molecule has 4 unspecified atom stereocenters. The van der Waals surface area contributed by atoms with E-state index in [4.69, 9.17) is 55.6 Å². The summed E-state index contributed by atoms with van der Waals surface area (Å²) in [5.74, 6) is 2.40. The number of amides is 3. The third kappa shape index (κ3) is 17.7. The summed E-state index contributed by atoms with van der Waals surface area (Å²) in [6.45, 7) is 19.9. The number of nitrogens with zero attached hydrogens (tertiary/aromatic N) is 18. The van der Waals surface area contributed by atoms with Gasteiger partial charge in [-0.1, -0.05) is 30.1 Å². The Hall–Kier alpha value is -9.03. The highest BCUT2D eigenvalue weighted by Gasteiger charge is 2.31. The number of piperidine rings is 4. The molecule has 32 heteroatoms. The molecule has 4 aliphatic rings. The number of nitrogen functional groups attached to an aromatic ring is 4. The Balaban J connectivity index is 0.000000140. The number of hydrogen-bond acceptors (Lipinski definition) is 23. The molecule has 9 aromatic rings. The minimum Gasteiger partial charge on any atom is -0.444 e. The zero-order valence-corrected chi connectivity index (χ0v) is 53.8. The summed E-state index contributed by atoms with van der Waals surface area (Å²) in [4.78, 5) is 74.5. The fraction of sp³-hybridized carbons (Fsp3) is 0.508. The first-order valence-electron chi connectivity index (χ1n) is 30.3. The Bertz CT molecular complexity index is 3890. The number of anilines is 5. The summed E-state index contributed by atoms with van der Waals surface area (Å²) in [5, 5.41) is 30.2. The summed E-state index contributed by atoms with van der Waals surface area (Å²) in [6, 6.07) is 5.60. The number of carbonyl (C=O) groups excluding carboxylic acids is 3. The molecule has 12 heterocycles. The van der Waals surface area contributed by atoms with Crippen LogP contribution in [-0.4, -0.2) is 182 Å². The largest absolute Gasteiger partial charge is 0.444 e. The van der Waals surface area contributed by atoms with Crippen LogP contribution in [0.5, 0.6) is 0 Å². The maximum atomic E-state index is 12.7. The number of halogens is 2. The molecule has 0 saturated carbocycles. The van der Waals surface area contributed by atoms with E-state index in [0.29, 0.717) is 94.1 Å². The molecule has 91 heavy (non-hydrogen) atoms. The van der Waals surface area contributed by atoms with Crippen molar-refractivity contribution in [3.63, 3.8) is 0 Å². The Morgan fingerprint density at radius 2 is 1.00 bits per heavy atom. The van der Waals surface area contributed by atoms with E-state index < -0.39 is 5.60 Å². The highest BCUT2D eigenvalue weighted by molar-refractivity contribution is 6.35. The third-order valence-electron chi connectivity index (χ3n) is 15.3. The summed E-state index contributed by atoms with van der Waals surface area (Å²) in [6.07, 6.45) is 20.3. The van der Waals surface area contributed by atoms with Crippen molar-refractivity contribution in [2.45, 2.75) is 129 Å². The van der Waals surface area contributed by atoms with E-state index in [0.717, 1.165) is 91.9 Å². The minimum absolute atomic E-state index is 0.00593. The summed E-state index contributed by atoms with van der Waals surface area (Å²) in [5.41, 5.74) is 25.8.